The molecule has 2 aromatic carbocycles. The quantitative estimate of drug-likeness (QED) is 0.164. The van der Waals surface area contributed by atoms with Gasteiger partial charge in [0.15, 0.2) is 5.30 Å². The Morgan fingerprint density at radius 2 is 1.20 bits per heavy atom. The number of pyridine rings is 1. The summed E-state index contributed by atoms with van der Waals surface area (Å²) in [5.41, 5.74) is 18.9. The van der Waals surface area contributed by atoms with Gasteiger partial charge in [0.25, 0.3) is 0 Å². The van der Waals surface area contributed by atoms with Gasteiger partial charge < -0.3 is 5.73 Å². The molecule has 2 nitrogen and oxygen atoms in total. The summed E-state index contributed by atoms with van der Waals surface area (Å²) >= 11 is 0. The first-order valence-electron chi connectivity index (χ1n) is 20.6. The molecule has 303 valence electrons. The monoisotopic (exact) mass is 951 g/mol. The van der Waals surface area contributed by atoms with Crippen LogP contribution in [0.2, 0.25) is 0 Å². The van der Waals surface area contributed by atoms with E-state index < -0.39 is 7.92 Å². The molecule has 54 heavy (non-hydrogen) atoms. The maximum absolute atomic E-state index is 6.78. The van der Waals surface area contributed by atoms with Crippen LogP contribution in [0.5, 0.6) is 0 Å². The molecule has 0 amide bonds. The first-order valence-corrected chi connectivity index (χ1v) is 23.5. The van der Waals surface area contributed by atoms with E-state index in [1.807, 2.05) is 0 Å². The normalized spacial score (nSPS) is 16.2. The van der Waals surface area contributed by atoms with E-state index in [4.69, 9.17) is 10.7 Å². The summed E-state index contributed by atoms with van der Waals surface area (Å²) in [6.45, 7) is 43.3. The molecule has 0 bridgehead atoms. The largest absolute Gasteiger partial charge is 0.677 e. The zero-order valence-electron chi connectivity index (χ0n) is 37.8. The number of rotatable bonds is 8. The molecule has 2 unspecified atom stereocenters. The van der Waals surface area contributed by atoms with Gasteiger partial charge in [-0.05, 0) is 50.3 Å². The Bertz CT molecular complexity index is 1680. The summed E-state index contributed by atoms with van der Waals surface area (Å²) < 4.78 is 0. The minimum absolute atomic E-state index is 0. The van der Waals surface area contributed by atoms with Crippen molar-refractivity contribution in [3.63, 3.8) is 0 Å². The fourth-order valence-electron chi connectivity index (χ4n) is 7.46. The van der Waals surface area contributed by atoms with Crippen LogP contribution < -0.4 is 10.6 Å². The second-order valence-corrected chi connectivity index (χ2v) is 25.1. The van der Waals surface area contributed by atoms with Gasteiger partial charge >= 0.3 is 0 Å². The molecule has 1 aliphatic rings. The van der Waals surface area contributed by atoms with E-state index in [1.54, 1.807) is 16.4 Å². The zero-order chi connectivity index (χ0) is 40.4. The van der Waals surface area contributed by atoms with E-state index in [0.29, 0.717) is 14.7 Å². The molecule has 1 N–H and O–H groups in total. The number of aromatic nitrogens is 1. The van der Waals surface area contributed by atoms with Gasteiger partial charge in [0.05, 0.1) is 17.2 Å². The third-order valence-electron chi connectivity index (χ3n) is 10.8. The van der Waals surface area contributed by atoms with E-state index in [1.165, 1.54) is 58.7 Å². The zero-order valence-corrected chi connectivity index (χ0v) is 42.2. The van der Waals surface area contributed by atoms with Gasteiger partial charge in [-0.3, -0.25) is 0 Å². The number of hydrogen-bond acceptors (Lipinski definition) is 1. The number of benzene rings is 2. The van der Waals surface area contributed by atoms with Crippen molar-refractivity contribution in [1.29, 1.82) is 0 Å². The van der Waals surface area contributed by atoms with Crippen LogP contribution in [0.3, 0.4) is 0 Å². The molecule has 1 aromatic heterocycles. The Labute approximate surface area is 350 Å². The summed E-state index contributed by atoms with van der Waals surface area (Å²) in [5.74, 6) is 2.42. The van der Waals surface area contributed by atoms with Gasteiger partial charge in [0.2, 0.25) is 0 Å². The Balaban J connectivity index is 0.00000115. The standard InChI is InChI=1S/C43H63NP2.C6H14N.Ir/c1-38(2,3)28-21-32(40(7,8)9)36(33(22-28)41(10,11)12)45-25-30-19-18-20-31(44-30)26-46-27-43(16,17)35-24-29(39(4,5)6)23-34(37(35)46)42(13,14)15;1-2-3-4-5-6-7;/h18-25H,26-27H2,1-17H3;7H,2-6H2,1H3;/q;-1;/p+2. The van der Waals surface area contributed by atoms with Crippen molar-refractivity contribution in [2.45, 2.75) is 189 Å². The molecule has 1 radical (unpaired) electrons. The number of fused-ring (bicyclic) bond motifs is 1. The summed E-state index contributed by atoms with van der Waals surface area (Å²) in [5, 5.41) is 3.19. The smallest absolute Gasteiger partial charge is 0.153 e. The maximum Gasteiger partial charge on any atom is 0.153 e. The minimum Gasteiger partial charge on any atom is -0.677 e. The van der Waals surface area contributed by atoms with E-state index in [0.717, 1.165) is 18.3 Å². The first kappa shape index (κ1) is 48.9. The third-order valence-corrected chi connectivity index (χ3v) is 15.4. The van der Waals surface area contributed by atoms with Crippen LogP contribution in [-0.4, -0.2) is 23.5 Å². The molecule has 0 aliphatic carbocycles. The number of nitrogens with one attached hydrogen (secondary N) is 1. The molecule has 3 aromatic rings. The Morgan fingerprint density at radius 3 is 1.67 bits per heavy atom. The van der Waals surface area contributed by atoms with Crippen LogP contribution in [0.4, 0.5) is 0 Å². The van der Waals surface area contributed by atoms with Crippen molar-refractivity contribution < 1.29 is 20.1 Å². The van der Waals surface area contributed by atoms with Gasteiger partial charge in [-0.2, -0.15) is 6.54 Å². The van der Waals surface area contributed by atoms with Crippen LogP contribution in [0, 0.1) is 0 Å². The van der Waals surface area contributed by atoms with Gasteiger partial charge in [-0.15, -0.1) is 0 Å². The fourth-order valence-corrected chi connectivity index (χ4v) is 13.1. The SMILES string of the molecule is CC(C)(C)c1cc(C(C)(C)C)c(/[PH+]=C/c2cccc(C[PH+]3CC(C)(C)c4cc(C(C)(C)C)cc(C(C)(C)C)c43)n2)c(C(C)(C)C)c1.CCCCCC[NH-].[Ir]. The molecule has 0 fully saturated rings. The van der Waals surface area contributed by atoms with E-state index >= 15 is 0 Å². The van der Waals surface area contributed by atoms with Gasteiger partial charge in [-0.25, -0.2) is 4.98 Å². The fraction of sp³-hybridized carbons (Fsp3) is 0.633. The average Bonchev–Trinajstić information content (AvgIpc) is 3.26. The molecular formula is C49H79IrN2P2+. The molecular weight excluding hydrogens is 871 g/mol. The first-order chi connectivity index (χ1) is 24.1. The molecule has 0 saturated heterocycles. The van der Waals surface area contributed by atoms with Gasteiger partial charge in [-0.1, -0.05) is 181 Å². The van der Waals surface area contributed by atoms with Gasteiger partial charge in [0.1, 0.15) is 25.9 Å². The summed E-state index contributed by atoms with van der Waals surface area (Å²) in [7, 11) is -0.251. The van der Waals surface area contributed by atoms with Crippen molar-refractivity contribution in [3.8, 4) is 0 Å². The average molecular weight is 950 g/mol. The van der Waals surface area contributed by atoms with Crippen LogP contribution in [0.25, 0.3) is 5.73 Å². The number of nitrogens with zero attached hydrogens (tertiary/aromatic N) is 1. The predicted octanol–water partition coefficient (Wildman–Crippen LogP) is 13.7. The third kappa shape index (κ3) is 12.9. The second kappa shape index (κ2) is 18.6. The van der Waals surface area contributed by atoms with Crippen molar-refractivity contribution in [3.05, 3.63) is 93.0 Å². The van der Waals surface area contributed by atoms with Crippen LogP contribution >= 0.6 is 16.1 Å². The van der Waals surface area contributed by atoms with E-state index in [-0.39, 0.29) is 52.6 Å². The predicted molar refractivity (Wildman–Crippen MR) is 247 cm³/mol. The molecule has 5 heteroatoms. The number of unbranched alkanes of at least 4 members (excludes halogenated alkanes) is 3. The maximum atomic E-state index is 6.78. The molecule has 4 rings (SSSR count). The molecule has 2 heterocycles. The van der Waals surface area contributed by atoms with E-state index in [9.17, 15) is 0 Å². The Hall–Kier alpha value is -1.20. The summed E-state index contributed by atoms with van der Waals surface area (Å²) in [6, 6.07) is 16.8. The second-order valence-electron chi connectivity index (χ2n) is 21.6. The van der Waals surface area contributed by atoms with Crippen LogP contribution in [0.15, 0.2) is 42.5 Å². The number of hydrogen-bond donors (Lipinski definition) is 0. The van der Waals surface area contributed by atoms with Crippen molar-refractivity contribution in [2.24, 2.45) is 0 Å². The van der Waals surface area contributed by atoms with Crippen molar-refractivity contribution in [1.82, 2.24) is 4.98 Å². The minimum atomic E-state index is -0.828. The Morgan fingerprint density at radius 1 is 0.704 bits per heavy atom. The summed E-state index contributed by atoms with van der Waals surface area (Å²) in [6.07, 6.45) is 7.28. The van der Waals surface area contributed by atoms with E-state index in [2.05, 4.69) is 173 Å². The van der Waals surface area contributed by atoms with Crippen molar-refractivity contribution in [2.75, 3.05) is 12.7 Å². The molecule has 1 aliphatic heterocycles. The van der Waals surface area contributed by atoms with Crippen molar-refractivity contribution >= 4 is 32.5 Å². The molecule has 0 saturated carbocycles. The molecule has 0 spiro atoms. The Kier molecular flexibility index (Phi) is 16.8. The topological polar surface area (TPSA) is 36.7 Å². The van der Waals surface area contributed by atoms with Crippen LogP contribution in [-0.2, 0) is 58.8 Å². The van der Waals surface area contributed by atoms with Gasteiger partial charge in [0, 0.05) is 55.7 Å². The molecule has 2 atom stereocenters. The van der Waals surface area contributed by atoms with Crippen LogP contribution in [0.1, 0.15) is 195 Å². The summed E-state index contributed by atoms with van der Waals surface area (Å²) in [4.78, 5) is 5.34.